The van der Waals surface area contributed by atoms with Crippen molar-refractivity contribution >= 4 is 17.7 Å². The van der Waals surface area contributed by atoms with Gasteiger partial charge in [0.05, 0.1) is 0 Å². The average molecular weight is 225 g/mol. The van der Waals surface area contributed by atoms with Gasteiger partial charge < -0.3 is 10.4 Å². The summed E-state index contributed by atoms with van der Waals surface area (Å²) in [6, 6.07) is 4.85. The number of aromatic hydroxyl groups is 1. The maximum Gasteiger partial charge on any atom is 0.251 e. The molecule has 2 N–H and O–H groups in total. The third kappa shape index (κ3) is 3.47. The molecule has 0 heterocycles. The van der Waals surface area contributed by atoms with E-state index in [1.165, 1.54) is 0 Å². The summed E-state index contributed by atoms with van der Waals surface area (Å²) in [6.07, 6.45) is 2.00. The van der Waals surface area contributed by atoms with Gasteiger partial charge in [0.2, 0.25) is 0 Å². The van der Waals surface area contributed by atoms with Crippen molar-refractivity contribution in [3.63, 3.8) is 0 Å². The van der Waals surface area contributed by atoms with Crippen LogP contribution in [-0.4, -0.2) is 29.6 Å². The maximum absolute atomic E-state index is 11.6. The Morgan fingerprint density at radius 1 is 1.53 bits per heavy atom. The summed E-state index contributed by atoms with van der Waals surface area (Å²) in [5.74, 6) is 1.03. The molecule has 1 aromatic carbocycles. The zero-order valence-electron chi connectivity index (χ0n) is 8.91. The molecule has 0 aliphatic rings. The van der Waals surface area contributed by atoms with Gasteiger partial charge in [-0.3, -0.25) is 4.79 Å². The molecule has 0 saturated carbocycles. The normalized spacial score (nSPS) is 10.0. The third-order valence-corrected chi connectivity index (χ3v) is 2.66. The van der Waals surface area contributed by atoms with Gasteiger partial charge in [-0.25, -0.2) is 0 Å². The summed E-state index contributed by atoms with van der Waals surface area (Å²) in [5, 5.41) is 12.1. The van der Waals surface area contributed by atoms with E-state index in [4.69, 9.17) is 0 Å². The van der Waals surface area contributed by atoms with E-state index in [1.54, 1.807) is 36.9 Å². The van der Waals surface area contributed by atoms with E-state index in [2.05, 4.69) is 5.32 Å². The summed E-state index contributed by atoms with van der Waals surface area (Å²) < 4.78 is 0. The Balaban J connectivity index is 2.62. The highest BCUT2D eigenvalue weighted by atomic mass is 32.2. The standard InChI is InChI=1S/C11H15NO2S/c1-8-7-9(3-4-10(8)13)11(14)12-5-6-15-2/h3-4,7,13H,5-6H2,1-2H3,(H,12,14). The van der Waals surface area contributed by atoms with E-state index in [9.17, 15) is 9.90 Å². The van der Waals surface area contributed by atoms with Crippen molar-refractivity contribution in [2.24, 2.45) is 0 Å². The Labute approximate surface area is 93.9 Å². The van der Waals surface area contributed by atoms with Crippen LogP contribution in [0.5, 0.6) is 5.75 Å². The molecule has 0 atom stereocenters. The molecule has 4 heteroatoms. The van der Waals surface area contributed by atoms with Crippen LogP contribution in [0, 0.1) is 6.92 Å². The molecule has 1 aromatic rings. The molecule has 0 saturated heterocycles. The molecule has 0 aliphatic carbocycles. The summed E-state index contributed by atoms with van der Waals surface area (Å²) in [6.45, 7) is 2.44. The summed E-state index contributed by atoms with van der Waals surface area (Å²) in [7, 11) is 0. The zero-order chi connectivity index (χ0) is 11.3. The molecule has 15 heavy (non-hydrogen) atoms. The number of carbonyl (C=O) groups excluding carboxylic acids is 1. The number of carbonyl (C=O) groups is 1. The van der Waals surface area contributed by atoms with Gasteiger partial charge in [0.15, 0.2) is 0 Å². The molecule has 0 fully saturated rings. The van der Waals surface area contributed by atoms with E-state index in [0.29, 0.717) is 17.7 Å². The highest BCUT2D eigenvalue weighted by Gasteiger charge is 2.06. The molecule has 1 amide bonds. The molecular formula is C11H15NO2S. The molecular weight excluding hydrogens is 210 g/mol. The van der Waals surface area contributed by atoms with Crippen molar-refractivity contribution in [2.75, 3.05) is 18.6 Å². The van der Waals surface area contributed by atoms with Crippen LogP contribution in [0.4, 0.5) is 0 Å². The lowest BCUT2D eigenvalue weighted by Gasteiger charge is -2.05. The Kier molecular flexibility index (Phi) is 4.49. The van der Waals surface area contributed by atoms with Crippen LogP contribution in [0.25, 0.3) is 0 Å². The predicted molar refractivity (Wildman–Crippen MR) is 63.6 cm³/mol. The second-order valence-electron chi connectivity index (χ2n) is 3.25. The summed E-state index contributed by atoms with van der Waals surface area (Å²) >= 11 is 1.69. The molecule has 0 unspecified atom stereocenters. The molecule has 0 spiro atoms. The zero-order valence-corrected chi connectivity index (χ0v) is 9.73. The van der Waals surface area contributed by atoms with Gasteiger partial charge in [-0.1, -0.05) is 0 Å². The van der Waals surface area contributed by atoms with E-state index in [1.807, 2.05) is 6.26 Å². The number of nitrogens with one attached hydrogen (secondary N) is 1. The largest absolute Gasteiger partial charge is 0.508 e. The van der Waals surface area contributed by atoms with E-state index < -0.39 is 0 Å². The number of rotatable bonds is 4. The monoisotopic (exact) mass is 225 g/mol. The number of benzene rings is 1. The molecule has 3 nitrogen and oxygen atoms in total. The Hall–Kier alpha value is -1.16. The lowest BCUT2D eigenvalue weighted by molar-refractivity contribution is 0.0956. The first kappa shape index (κ1) is 11.9. The fraction of sp³-hybridized carbons (Fsp3) is 0.364. The lowest BCUT2D eigenvalue weighted by atomic mass is 10.1. The van der Waals surface area contributed by atoms with E-state index in [-0.39, 0.29) is 11.7 Å². The average Bonchev–Trinajstić information content (AvgIpc) is 2.22. The molecule has 0 radical (unpaired) electrons. The van der Waals surface area contributed by atoms with Crippen molar-refractivity contribution in [2.45, 2.75) is 6.92 Å². The number of hydrogen-bond donors (Lipinski definition) is 2. The minimum absolute atomic E-state index is 0.0906. The first-order valence-electron chi connectivity index (χ1n) is 4.72. The van der Waals surface area contributed by atoms with Gasteiger partial charge >= 0.3 is 0 Å². The Morgan fingerprint density at radius 2 is 2.27 bits per heavy atom. The molecule has 82 valence electrons. The van der Waals surface area contributed by atoms with Crippen LogP contribution in [0.1, 0.15) is 15.9 Å². The fourth-order valence-corrected chi connectivity index (χ4v) is 1.47. The molecule has 0 aromatic heterocycles. The van der Waals surface area contributed by atoms with Crippen molar-refractivity contribution in [1.29, 1.82) is 0 Å². The second-order valence-corrected chi connectivity index (χ2v) is 4.24. The predicted octanol–water partition coefficient (Wildman–Crippen LogP) is 1.79. The van der Waals surface area contributed by atoms with Crippen LogP contribution >= 0.6 is 11.8 Å². The Bertz CT molecular complexity index is 352. The van der Waals surface area contributed by atoms with Crippen LogP contribution in [-0.2, 0) is 0 Å². The first-order chi connectivity index (χ1) is 7.15. The lowest BCUT2D eigenvalue weighted by Crippen LogP contribution is -2.25. The summed E-state index contributed by atoms with van der Waals surface area (Å²) in [5.41, 5.74) is 1.30. The van der Waals surface area contributed by atoms with E-state index in [0.717, 1.165) is 5.75 Å². The smallest absolute Gasteiger partial charge is 0.251 e. The number of phenolic OH excluding ortho intramolecular Hbond substituents is 1. The van der Waals surface area contributed by atoms with Gasteiger partial charge in [0.1, 0.15) is 5.75 Å². The van der Waals surface area contributed by atoms with Crippen LogP contribution in [0.15, 0.2) is 18.2 Å². The number of phenols is 1. The number of hydrogen-bond acceptors (Lipinski definition) is 3. The minimum Gasteiger partial charge on any atom is -0.508 e. The summed E-state index contributed by atoms with van der Waals surface area (Å²) in [4.78, 5) is 11.6. The fourth-order valence-electron chi connectivity index (χ4n) is 1.17. The number of thioether (sulfide) groups is 1. The number of aryl methyl sites for hydroxylation is 1. The van der Waals surface area contributed by atoms with Gasteiger partial charge in [-0.15, -0.1) is 0 Å². The van der Waals surface area contributed by atoms with Gasteiger partial charge in [0.25, 0.3) is 5.91 Å². The Morgan fingerprint density at radius 3 is 2.87 bits per heavy atom. The highest BCUT2D eigenvalue weighted by Crippen LogP contribution is 2.16. The highest BCUT2D eigenvalue weighted by molar-refractivity contribution is 7.98. The van der Waals surface area contributed by atoms with E-state index >= 15 is 0 Å². The van der Waals surface area contributed by atoms with Gasteiger partial charge in [-0.05, 0) is 36.9 Å². The minimum atomic E-state index is -0.0906. The van der Waals surface area contributed by atoms with Gasteiger partial charge in [0, 0.05) is 17.9 Å². The van der Waals surface area contributed by atoms with Crippen molar-refractivity contribution in [1.82, 2.24) is 5.32 Å². The van der Waals surface area contributed by atoms with Crippen LogP contribution < -0.4 is 5.32 Å². The topological polar surface area (TPSA) is 49.3 Å². The second kappa shape index (κ2) is 5.66. The van der Waals surface area contributed by atoms with Crippen molar-refractivity contribution < 1.29 is 9.90 Å². The SMILES string of the molecule is CSCCNC(=O)c1ccc(O)c(C)c1. The first-order valence-corrected chi connectivity index (χ1v) is 6.11. The quantitative estimate of drug-likeness (QED) is 0.768. The van der Waals surface area contributed by atoms with Crippen molar-refractivity contribution in [3.8, 4) is 5.75 Å². The van der Waals surface area contributed by atoms with Crippen LogP contribution in [0.2, 0.25) is 0 Å². The van der Waals surface area contributed by atoms with Crippen molar-refractivity contribution in [3.05, 3.63) is 29.3 Å². The number of amides is 1. The maximum atomic E-state index is 11.6. The molecule has 1 rings (SSSR count). The van der Waals surface area contributed by atoms with Crippen LogP contribution in [0.3, 0.4) is 0 Å². The third-order valence-electron chi connectivity index (χ3n) is 2.05. The van der Waals surface area contributed by atoms with Gasteiger partial charge in [-0.2, -0.15) is 11.8 Å². The molecule has 0 bridgehead atoms. The molecule has 0 aliphatic heterocycles.